The molecule has 5 nitrogen and oxygen atoms in total. The summed E-state index contributed by atoms with van der Waals surface area (Å²) in [5.41, 5.74) is 5.96. The van der Waals surface area contributed by atoms with Gasteiger partial charge in [-0.2, -0.15) is 0 Å². The third kappa shape index (κ3) is 3.09. The average molecular weight is 286 g/mol. The van der Waals surface area contributed by atoms with E-state index in [-0.39, 0.29) is 6.04 Å². The lowest BCUT2D eigenvalue weighted by Gasteiger charge is -2.38. The molecule has 2 aromatic heterocycles. The summed E-state index contributed by atoms with van der Waals surface area (Å²) in [5.74, 6) is 2.96. The van der Waals surface area contributed by atoms with E-state index in [1.807, 2.05) is 37.4 Å². The predicted molar refractivity (Wildman–Crippen MR) is 83.3 cm³/mol. The second-order valence-corrected chi connectivity index (χ2v) is 5.41. The van der Waals surface area contributed by atoms with E-state index in [9.17, 15) is 0 Å². The Bertz CT molecular complexity index is 561. The van der Waals surface area contributed by atoms with E-state index in [4.69, 9.17) is 10.2 Å². The fourth-order valence-electron chi connectivity index (χ4n) is 2.88. The Balaban J connectivity index is 1.64. The van der Waals surface area contributed by atoms with Gasteiger partial charge in [-0.3, -0.25) is 4.90 Å². The molecule has 0 aromatic carbocycles. The molecule has 1 aliphatic rings. The first-order valence-electron chi connectivity index (χ1n) is 7.44. The molecule has 0 amide bonds. The standard InChI is InChI=1S/C16H22N4O/c1-13-5-6-15(21-13)14(12-17)19-8-10-20(11-9-19)16-4-2-3-7-18-16/h2-7,14H,8-12,17H2,1H3. The molecule has 1 atom stereocenters. The van der Waals surface area contributed by atoms with Crippen molar-refractivity contribution in [3.05, 3.63) is 48.0 Å². The molecule has 112 valence electrons. The van der Waals surface area contributed by atoms with Crippen LogP contribution in [0.1, 0.15) is 17.6 Å². The molecule has 2 aromatic rings. The van der Waals surface area contributed by atoms with Crippen LogP contribution in [0.2, 0.25) is 0 Å². The number of pyridine rings is 1. The Morgan fingerprint density at radius 3 is 2.57 bits per heavy atom. The Morgan fingerprint density at radius 1 is 1.19 bits per heavy atom. The minimum atomic E-state index is 0.171. The van der Waals surface area contributed by atoms with Gasteiger partial charge in [-0.1, -0.05) is 6.07 Å². The number of aromatic nitrogens is 1. The molecule has 21 heavy (non-hydrogen) atoms. The van der Waals surface area contributed by atoms with Crippen molar-refractivity contribution in [1.29, 1.82) is 0 Å². The molecule has 3 heterocycles. The summed E-state index contributed by atoms with van der Waals surface area (Å²) in [7, 11) is 0. The number of rotatable bonds is 4. The van der Waals surface area contributed by atoms with Crippen molar-refractivity contribution in [2.45, 2.75) is 13.0 Å². The Morgan fingerprint density at radius 2 is 2.00 bits per heavy atom. The summed E-state index contributed by atoms with van der Waals surface area (Å²) in [6, 6.07) is 10.3. The third-order valence-electron chi connectivity index (χ3n) is 4.04. The monoisotopic (exact) mass is 286 g/mol. The maximum atomic E-state index is 5.96. The van der Waals surface area contributed by atoms with Crippen LogP contribution in [-0.2, 0) is 0 Å². The fourth-order valence-corrected chi connectivity index (χ4v) is 2.88. The molecule has 1 saturated heterocycles. The molecule has 0 spiro atoms. The van der Waals surface area contributed by atoms with Crippen LogP contribution in [-0.4, -0.2) is 42.6 Å². The van der Waals surface area contributed by atoms with Crippen LogP contribution >= 0.6 is 0 Å². The minimum Gasteiger partial charge on any atom is -0.465 e. The summed E-state index contributed by atoms with van der Waals surface area (Å²) in [4.78, 5) is 9.14. The van der Waals surface area contributed by atoms with Crippen molar-refractivity contribution in [2.24, 2.45) is 5.73 Å². The number of nitrogens with two attached hydrogens (primary N) is 1. The summed E-state index contributed by atoms with van der Waals surface area (Å²) < 4.78 is 5.75. The zero-order valence-corrected chi connectivity index (χ0v) is 12.4. The van der Waals surface area contributed by atoms with Gasteiger partial charge in [-0.05, 0) is 31.2 Å². The molecular formula is C16H22N4O. The highest BCUT2D eigenvalue weighted by atomic mass is 16.3. The number of anilines is 1. The van der Waals surface area contributed by atoms with Gasteiger partial charge in [-0.25, -0.2) is 4.98 Å². The fraction of sp³-hybridized carbons (Fsp3) is 0.438. The molecule has 1 fully saturated rings. The van der Waals surface area contributed by atoms with Crippen LogP contribution in [0.5, 0.6) is 0 Å². The third-order valence-corrected chi connectivity index (χ3v) is 4.04. The van der Waals surface area contributed by atoms with E-state index in [1.165, 1.54) is 0 Å². The van der Waals surface area contributed by atoms with Crippen molar-refractivity contribution >= 4 is 5.82 Å². The quantitative estimate of drug-likeness (QED) is 0.929. The van der Waals surface area contributed by atoms with Crippen molar-refractivity contribution in [3.63, 3.8) is 0 Å². The Labute approximate surface area is 125 Å². The van der Waals surface area contributed by atoms with Crippen LogP contribution in [0.3, 0.4) is 0 Å². The molecular weight excluding hydrogens is 264 g/mol. The lowest BCUT2D eigenvalue weighted by molar-refractivity contribution is 0.168. The molecule has 5 heteroatoms. The molecule has 0 saturated carbocycles. The molecule has 0 aliphatic carbocycles. The number of furan rings is 1. The average Bonchev–Trinajstić information content (AvgIpc) is 2.96. The summed E-state index contributed by atoms with van der Waals surface area (Å²) >= 11 is 0. The van der Waals surface area contributed by atoms with Crippen molar-refractivity contribution < 1.29 is 4.42 Å². The van der Waals surface area contributed by atoms with Crippen LogP contribution in [0.25, 0.3) is 0 Å². The van der Waals surface area contributed by atoms with Crippen LogP contribution < -0.4 is 10.6 Å². The first-order chi connectivity index (χ1) is 10.3. The van der Waals surface area contributed by atoms with Gasteiger partial charge in [0.15, 0.2) is 0 Å². The first kappa shape index (κ1) is 14.1. The topological polar surface area (TPSA) is 58.5 Å². The Hall–Kier alpha value is -1.85. The van der Waals surface area contributed by atoms with E-state index >= 15 is 0 Å². The van der Waals surface area contributed by atoms with E-state index in [2.05, 4.69) is 20.9 Å². The number of nitrogens with zero attached hydrogens (tertiary/aromatic N) is 3. The zero-order valence-electron chi connectivity index (χ0n) is 12.4. The minimum absolute atomic E-state index is 0.171. The molecule has 0 radical (unpaired) electrons. The van der Waals surface area contributed by atoms with Gasteiger partial charge >= 0.3 is 0 Å². The maximum Gasteiger partial charge on any atom is 0.128 e. The lowest BCUT2D eigenvalue weighted by atomic mass is 10.1. The van der Waals surface area contributed by atoms with Gasteiger partial charge in [0, 0.05) is 38.9 Å². The first-order valence-corrected chi connectivity index (χ1v) is 7.44. The normalized spacial score (nSPS) is 17.9. The second-order valence-electron chi connectivity index (χ2n) is 5.41. The van der Waals surface area contributed by atoms with Crippen molar-refractivity contribution in [3.8, 4) is 0 Å². The Kier molecular flexibility index (Phi) is 4.22. The second kappa shape index (κ2) is 6.28. The lowest BCUT2D eigenvalue weighted by Crippen LogP contribution is -2.49. The highest BCUT2D eigenvalue weighted by Crippen LogP contribution is 2.24. The van der Waals surface area contributed by atoms with Gasteiger partial charge in [0.25, 0.3) is 0 Å². The zero-order chi connectivity index (χ0) is 14.7. The van der Waals surface area contributed by atoms with Crippen molar-refractivity contribution in [2.75, 3.05) is 37.6 Å². The van der Waals surface area contributed by atoms with Gasteiger partial charge < -0.3 is 15.1 Å². The van der Waals surface area contributed by atoms with E-state index < -0.39 is 0 Å². The largest absolute Gasteiger partial charge is 0.465 e. The summed E-state index contributed by atoms with van der Waals surface area (Å²) in [5, 5.41) is 0. The number of aryl methyl sites for hydroxylation is 1. The van der Waals surface area contributed by atoms with Crippen LogP contribution in [0, 0.1) is 6.92 Å². The molecule has 2 N–H and O–H groups in total. The summed E-state index contributed by atoms with van der Waals surface area (Å²) in [6.45, 7) is 6.42. The predicted octanol–water partition coefficient (Wildman–Crippen LogP) is 1.81. The highest BCUT2D eigenvalue weighted by Gasteiger charge is 2.26. The van der Waals surface area contributed by atoms with Crippen LogP contribution in [0.15, 0.2) is 40.9 Å². The number of hydrogen-bond donors (Lipinski definition) is 1. The van der Waals surface area contributed by atoms with Gasteiger partial charge in [0.2, 0.25) is 0 Å². The molecule has 0 bridgehead atoms. The van der Waals surface area contributed by atoms with Crippen molar-refractivity contribution in [1.82, 2.24) is 9.88 Å². The molecule has 1 aliphatic heterocycles. The maximum absolute atomic E-state index is 5.96. The summed E-state index contributed by atoms with van der Waals surface area (Å²) in [6.07, 6.45) is 1.84. The van der Waals surface area contributed by atoms with Gasteiger partial charge in [0.1, 0.15) is 17.3 Å². The van der Waals surface area contributed by atoms with E-state index in [0.29, 0.717) is 6.54 Å². The SMILES string of the molecule is Cc1ccc(C(CN)N2CCN(c3ccccn3)CC2)o1. The van der Waals surface area contributed by atoms with Gasteiger partial charge in [-0.15, -0.1) is 0 Å². The highest BCUT2D eigenvalue weighted by molar-refractivity contribution is 5.38. The van der Waals surface area contributed by atoms with E-state index in [1.54, 1.807) is 0 Å². The molecule has 3 rings (SSSR count). The van der Waals surface area contributed by atoms with E-state index in [0.717, 1.165) is 43.5 Å². The van der Waals surface area contributed by atoms with Gasteiger partial charge in [0.05, 0.1) is 6.04 Å². The van der Waals surface area contributed by atoms with Crippen LogP contribution in [0.4, 0.5) is 5.82 Å². The number of piperazine rings is 1. The number of hydrogen-bond acceptors (Lipinski definition) is 5. The molecule has 1 unspecified atom stereocenters. The smallest absolute Gasteiger partial charge is 0.128 e.